The Labute approximate surface area is 89.1 Å². The van der Waals surface area contributed by atoms with E-state index in [9.17, 15) is 20.2 Å². The summed E-state index contributed by atoms with van der Waals surface area (Å²) in [6.07, 6.45) is 1.12. The number of rotatable bonds is 3. The molecule has 0 aliphatic rings. The zero-order valence-electron chi connectivity index (χ0n) is 7.29. The van der Waals surface area contributed by atoms with Gasteiger partial charge in [0.25, 0.3) is 5.69 Å². The molecule has 0 aliphatic carbocycles. The molecule has 0 amide bonds. The Kier molecular flexibility index (Phi) is 3.35. The minimum absolute atomic E-state index is 0.0793. The van der Waals surface area contributed by atoms with E-state index in [1.165, 1.54) is 24.3 Å². The van der Waals surface area contributed by atoms with Crippen molar-refractivity contribution in [1.29, 1.82) is 0 Å². The van der Waals surface area contributed by atoms with E-state index in [4.69, 9.17) is 11.6 Å². The first-order valence-corrected chi connectivity index (χ1v) is 4.14. The molecular weight excluding hydrogens is 224 g/mol. The molecule has 0 unspecified atom stereocenters. The van der Waals surface area contributed by atoms with Crippen molar-refractivity contribution in [2.24, 2.45) is 0 Å². The molecule has 0 saturated heterocycles. The van der Waals surface area contributed by atoms with Gasteiger partial charge in [-0.2, -0.15) is 0 Å². The van der Waals surface area contributed by atoms with Crippen LogP contribution in [0.15, 0.2) is 29.4 Å². The zero-order chi connectivity index (χ0) is 11.4. The molecule has 0 saturated carbocycles. The highest BCUT2D eigenvalue weighted by Gasteiger charge is 2.07. The van der Waals surface area contributed by atoms with Crippen molar-refractivity contribution in [3.63, 3.8) is 0 Å². The molecule has 15 heavy (non-hydrogen) atoms. The largest absolute Gasteiger partial charge is 0.337 e. The molecule has 0 radical (unpaired) electrons. The van der Waals surface area contributed by atoms with E-state index in [2.05, 4.69) is 0 Å². The summed E-state index contributed by atoms with van der Waals surface area (Å²) in [6.45, 7) is 0. The molecular formula is C8H5ClN2O4. The van der Waals surface area contributed by atoms with Gasteiger partial charge in [-0.1, -0.05) is 0 Å². The maximum atomic E-state index is 10.3. The third kappa shape index (κ3) is 3.03. The van der Waals surface area contributed by atoms with E-state index >= 15 is 0 Å². The van der Waals surface area contributed by atoms with Crippen molar-refractivity contribution in [2.75, 3.05) is 0 Å². The van der Waals surface area contributed by atoms with Gasteiger partial charge in [-0.15, -0.1) is 0 Å². The van der Waals surface area contributed by atoms with Gasteiger partial charge in [-0.25, -0.2) is 0 Å². The van der Waals surface area contributed by atoms with Crippen LogP contribution in [0.5, 0.6) is 0 Å². The molecule has 1 aromatic rings. The quantitative estimate of drug-likeness (QED) is 0.452. The average Bonchev–Trinajstić information content (AvgIpc) is 2.18. The summed E-state index contributed by atoms with van der Waals surface area (Å²) in [4.78, 5) is 19.2. The summed E-state index contributed by atoms with van der Waals surface area (Å²) in [7, 11) is 0. The minimum Gasteiger partial charge on any atom is -0.258 e. The molecule has 0 aromatic heterocycles. The van der Waals surface area contributed by atoms with Gasteiger partial charge in [-0.05, 0) is 29.3 Å². The van der Waals surface area contributed by atoms with Crippen LogP contribution < -0.4 is 0 Å². The lowest BCUT2D eigenvalue weighted by Gasteiger charge is -1.92. The van der Waals surface area contributed by atoms with Crippen LogP contribution in [0.25, 0.3) is 6.08 Å². The van der Waals surface area contributed by atoms with Gasteiger partial charge in [0.15, 0.2) is 0 Å². The lowest BCUT2D eigenvalue weighted by atomic mass is 10.2. The summed E-state index contributed by atoms with van der Waals surface area (Å²) >= 11 is 5.28. The molecule has 0 N–H and O–H groups in total. The highest BCUT2D eigenvalue weighted by Crippen LogP contribution is 2.15. The molecule has 0 spiro atoms. The van der Waals surface area contributed by atoms with E-state index in [0.29, 0.717) is 5.56 Å². The predicted molar refractivity (Wildman–Crippen MR) is 53.9 cm³/mol. The first-order chi connectivity index (χ1) is 7.00. The second kappa shape index (κ2) is 4.52. The summed E-state index contributed by atoms with van der Waals surface area (Å²) in [5.41, 5.74) is 0.353. The minimum atomic E-state index is -0.747. The van der Waals surface area contributed by atoms with Gasteiger partial charge in [0.1, 0.15) is 0 Å². The molecule has 0 bridgehead atoms. The third-order valence-corrected chi connectivity index (χ3v) is 1.81. The second-order valence-corrected chi connectivity index (χ2v) is 2.96. The third-order valence-electron chi connectivity index (χ3n) is 1.56. The van der Waals surface area contributed by atoms with Crippen LogP contribution in [0, 0.1) is 20.2 Å². The normalized spacial score (nSPS) is 11.1. The van der Waals surface area contributed by atoms with Crippen molar-refractivity contribution < 1.29 is 9.85 Å². The van der Waals surface area contributed by atoms with Gasteiger partial charge >= 0.3 is 5.16 Å². The van der Waals surface area contributed by atoms with Crippen molar-refractivity contribution in [1.82, 2.24) is 0 Å². The smallest absolute Gasteiger partial charge is 0.258 e. The number of nitro groups is 2. The number of nitro benzene ring substituents is 1. The van der Waals surface area contributed by atoms with E-state index in [1.807, 2.05) is 0 Å². The maximum absolute atomic E-state index is 10.3. The van der Waals surface area contributed by atoms with Crippen LogP contribution in [0.1, 0.15) is 5.56 Å². The maximum Gasteiger partial charge on any atom is 0.337 e. The molecule has 6 nitrogen and oxygen atoms in total. The Bertz CT molecular complexity index is 427. The van der Waals surface area contributed by atoms with Crippen molar-refractivity contribution in [3.8, 4) is 0 Å². The van der Waals surface area contributed by atoms with E-state index in [1.54, 1.807) is 0 Å². The Morgan fingerprint density at radius 1 is 1.20 bits per heavy atom. The van der Waals surface area contributed by atoms with Crippen LogP contribution in [0.3, 0.4) is 0 Å². The fraction of sp³-hybridized carbons (Fsp3) is 0. The molecule has 1 rings (SSSR count). The topological polar surface area (TPSA) is 86.3 Å². The number of nitrogens with zero attached hydrogens (tertiary/aromatic N) is 2. The lowest BCUT2D eigenvalue weighted by Crippen LogP contribution is -1.91. The molecule has 0 fully saturated rings. The van der Waals surface area contributed by atoms with Crippen LogP contribution in [-0.4, -0.2) is 9.85 Å². The van der Waals surface area contributed by atoms with Gasteiger partial charge in [0.2, 0.25) is 0 Å². The standard InChI is InChI=1S/C8H5ClN2O4/c9-8(11(14)15)5-6-1-3-7(4-2-6)10(12)13/h1-5H. The average molecular weight is 229 g/mol. The zero-order valence-corrected chi connectivity index (χ0v) is 8.05. The molecule has 0 atom stereocenters. The van der Waals surface area contributed by atoms with Gasteiger partial charge < -0.3 is 0 Å². The Balaban J connectivity index is 2.95. The highest BCUT2D eigenvalue weighted by molar-refractivity contribution is 6.29. The number of hydrogen-bond donors (Lipinski definition) is 0. The van der Waals surface area contributed by atoms with Crippen molar-refractivity contribution >= 4 is 23.4 Å². The molecule has 7 heteroatoms. The molecule has 78 valence electrons. The van der Waals surface area contributed by atoms with Crippen LogP contribution >= 0.6 is 11.6 Å². The molecule has 0 aliphatic heterocycles. The summed E-state index contributed by atoms with van der Waals surface area (Å²) < 4.78 is 0. The van der Waals surface area contributed by atoms with Crippen LogP contribution in [-0.2, 0) is 0 Å². The highest BCUT2D eigenvalue weighted by atomic mass is 35.5. The summed E-state index contributed by atoms with van der Waals surface area (Å²) in [5.74, 6) is 0. The Morgan fingerprint density at radius 3 is 2.13 bits per heavy atom. The Morgan fingerprint density at radius 2 is 1.73 bits per heavy atom. The fourth-order valence-electron chi connectivity index (χ4n) is 0.882. The van der Waals surface area contributed by atoms with E-state index in [0.717, 1.165) is 6.08 Å². The number of hydrogen-bond acceptors (Lipinski definition) is 4. The van der Waals surface area contributed by atoms with Gasteiger partial charge in [0.05, 0.1) is 9.85 Å². The van der Waals surface area contributed by atoms with E-state index in [-0.39, 0.29) is 5.69 Å². The van der Waals surface area contributed by atoms with Gasteiger partial charge in [0, 0.05) is 18.2 Å². The van der Waals surface area contributed by atoms with Crippen molar-refractivity contribution in [2.45, 2.75) is 0 Å². The predicted octanol–water partition coefficient (Wildman–Crippen LogP) is 2.41. The summed E-state index contributed by atoms with van der Waals surface area (Å²) in [6, 6.07) is 5.25. The van der Waals surface area contributed by atoms with Gasteiger partial charge in [-0.3, -0.25) is 20.2 Å². The Hall–Kier alpha value is -1.95. The fourth-order valence-corrected chi connectivity index (χ4v) is 1.01. The monoisotopic (exact) mass is 228 g/mol. The number of non-ortho nitro benzene ring substituents is 1. The lowest BCUT2D eigenvalue weighted by molar-refractivity contribution is -0.410. The van der Waals surface area contributed by atoms with Crippen LogP contribution in [0.4, 0.5) is 5.69 Å². The SMILES string of the molecule is O=[N+]([O-])C(Cl)=Cc1ccc([N+](=O)[O-])cc1. The molecule has 1 aromatic carbocycles. The summed E-state index contributed by atoms with van der Waals surface area (Å²) in [5, 5.41) is 19.9. The van der Waals surface area contributed by atoms with E-state index < -0.39 is 15.0 Å². The second-order valence-electron chi connectivity index (χ2n) is 2.57. The first kappa shape index (κ1) is 11.1. The van der Waals surface area contributed by atoms with Crippen molar-refractivity contribution in [3.05, 3.63) is 55.2 Å². The van der Waals surface area contributed by atoms with Crippen LogP contribution in [0.2, 0.25) is 0 Å². The number of benzene rings is 1. The number of halogens is 1. The first-order valence-electron chi connectivity index (χ1n) is 3.77. The molecule has 0 heterocycles.